The van der Waals surface area contributed by atoms with E-state index in [0.717, 1.165) is 32.1 Å². The van der Waals surface area contributed by atoms with Crippen LogP contribution in [0.4, 0.5) is 10.2 Å². The van der Waals surface area contributed by atoms with Crippen LogP contribution < -0.4 is 4.90 Å². The number of rotatable bonds is 4. The molecule has 0 spiro atoms. The maximum Gasteiger partial charge on any atom is 0.185 e. The first-order valence-corrected chi connectivity index (χ1v) is 12.3. The molecular formula is C25H27FN6OS. The monoisotopic (exact) mass is 478 g/mol. The minimum absolute atomic E-state index is 0.00103. The average molecular weight is 479 g/mol. The molecule has 1 N–H and O–H groups in total. The molecule has 2 aromatic heterocycles. The highest BCUT2D eigenvalue weighted by atomic mass is 32.1. The minimum Gasteiger partial charge on any atom is -0.507 e. The molecule has 0 unspecified atom stereocenters. The van der Waals surface area contributed by atoms with Gasteiger partial charge in [0.2, 0.25) is 0 Å². The number of thiazole rings is 1. The van der Waals surface area contributed by atoms with Gasteiger partial charge in [0, 0.05) is 18.0 Å². The summed E-state index contributed by atoms with van der Waals surface area (Å²) in [6.07, 6.45) is 7.04. The van der Waals surface area contributed by atoms with Crippen molar-refractivity contribution < 1.29 is 9.50 Å². The topological polar surface area (TPSA) is 98.8 Å². The van der Waals surface area contributed by atoms with Crippen molar-refractivity contribution >= 4 is 17.2 Å². The van der Waals surface area contributed by atoms with Crippen molar-refractivity contribution in [2.24, 2.45) is 10.8 Å². The lowest BCUT2D eigenvalue weighted by Crippen LogP contribution is -2.57. The van der Waals surface area contributed by atoms with Crippen LogP contribution in [0.1, 0.15) is 50.8 Å². The van der Waals surface area contributed by atoms with Gasteiger partial charge < -0.3 is 10.0 Å². The van der Waals surface area contributed by atoms with Crippen LogP contribution in [0.15, 0.2) is 30.6 Å². The Morgan fingerprint density at radius 1 is 1.21 bits per heavy atom. The third-order valence-electron chi connectivity index (χ3n) is 7.57. The Hall–Kier alpha value is -3.12. The van der Waals surface area contributed by atoms with Crippen LogP contribution >= 0.6 is 11.3 Å². The summed E-state index contributed by atoms with van der Waals surface area (Å²) >= 11 is 1.26. The summed E-state index contributed by atoms with van der Waals surface area (Å²) in [6.45, 7) is 4.37. The summed E-state index contributed by atoms with van der Waals surface area (Å²) in [5.41, 5.74) is 0.993. The number of fused-ring (bicyclic) bond motifs is 2. The van der Waals surface area contributed by atoms with Crippen molar-refractivity contribution in [2.75, 3.05) is 11.9 Å². The predicted octanol–water partition coefficient (Wildman–Crippen LogP) is 5.37. The van der Waals surface area contributed by atoms with Crippen molar-refractivity contribution in [3.05, 3.63) is 35.5 Å². The zero-order valence-corrected chi connectivity index (χ0v) is 20.3. The van der Waals surface area contributed by atoms with E-state index in [1.807, 2.05) is 11.9 Å². The molecule has 2 heterocycles. The van der Waals surface area contributed by atoms with Gasteiger partial charge in [0.25, 0.3) is 0 Å². The standard InChI is InChI=1S/C25H27FN6OS/c1-24-7-4-8-25(2,14-24)21(26)18(10-24)32(3)20-13-28-22(31-30-20)17-6-5-15(9-19(17)33)23-29-12-16(11-27)34-23/h5-6,9,12-13,18,21,33H,4,7-8,10,14H2,1-3H3/t18-,21-,24-,25-/m1/s1. The Bertz CT molecular complexity index is 1260. The van der Waals surface area contributed by atoms with Gasteiger partial charge in [-0.15, -0.1) is 21.5 Å². The summed E-state index contributed by atoms with van der Waals surface area (Å²) in [7, 11) is 1.87. The van der Waals surface area contributed by atoms with Crippen LogP contribution in [-0.4, -0.2) is 44.5 Å². The van der Waals surface area contributed by atoms with E-state index in [1.165, 1.54) is 17.5 Å². The Morgan fingerprint density at radius 2 is 2.03 bits per heavy atom. The van der Waals surface area contributed by atoms with Crippen LogP contribution in [0.2, 0.25) is 0 Å². The number of anilines is 1. The van der Waals surface area contributed by atoms with Crippen molar-refractivity contribution in [1.29, 1.82) is 5.26 Å². The van der Waals surface area contributed by atoms with E-state index in [-0.39, 0.29) is 28.4 Å². The van der Waals surface area contributed by atoms with Gasteiger partial charge in [-0.3, -0.25) is 0 Å². The number of nitrogens with zero attached hydrogens (tertiary/aromatic N) is 6. The second-order valence-electron chi connectivity index (χ2n) is 10.3. The van der Waals surface area contributed by atoms with Gasteiger partial charge in [0.1, 0.15) is 27.9 Å². The third kappa shape index (κ3) is 3.90. The summed E-state index contributed by atoms with van der Waals surface area (Å²) < 4.78 is 15.6. The molecule has 1 aromatic carbocycles. The van der Waals surface area contributed by atoms with Gasteiger partial charge in [-0.2, -0.15) is 5.26 Å². The average Bonchev–Trinajstić information content (AvgIpc) is 3.30. The number of phenols is 1. The van der Waals surface area contributed by atoms with Gasteiger partial charge >= 0.3 is 0 Å². The van der Waals surface area contributed by atoms with E-state index in [2.05, 4.69) is 40.1 Å². The minimum atomic E-state index is -0.934. The maximum absolute atomic E-state index is 15.6. The number of nitriles is 1. The van der Waals surface area contributed by atoms with Crippen molar-refractivity contribution in [3.8, 4) is 33.8 Å². The molecule has 0 radical (unpaired) electrons. The molecule has 0 aliphatic heterocycles. The van der Waals surface area contributed by atoms with Gasteiger partial charge in [-0.05, 0) is 43.2 Å². The van der Waals surface area contributed by atoms with Crippen LogP contribution in [0.25, 0.3) is 22.0 Å². The Morgan fingerprint density at radius 3 is 2.71 bits per heavy atom. The van der Waals surface area contributed by atoms with Crippen molar-refractivity contribution in [2.45, 2.75) is 58.2 Å². The molecule has 34 heavy (non-hydrogen) atoms. The summed E-state index contributed by atoms with van der Waals surface area (Å²) in [5.74, 6) is 0.805. The second-order valence-corrected chi connectivity index (χ2v) is 11.3. The van der Waals surface area contributed by atoms with E-state index in [9.17, 15) is 5.11 Å². The molecule has 176 valence electrons. The number of benzene rings is 1. The SMILES string of the molecule is CN(c1cnc(-c2ccc(-c3ncc(C#N)s3)cc2O)nn1)[C@@H]1C[C@@]2(C)CCC[C@](C)(C2)[C@@H]1F. The lowest BCUT2D eigenvalue weighted by Gasteiger charge is -2.55. The fourth-order valence-corrected chi connectivity index (χ4v) is 6.63. The van der Waals surface area contributed by atoms with E-state index < -0.39 is 6.17 Å². The van der Waals surface area contributed by atoms with Crippen molar-refractivity contribution in [1.82, 2.24) is 20.2 Å². The largest absolute Gasteiger partial charge is 0.507 e. The Labute approximate surface area is 202 Å². The first-order valence-electron chi connectivity index (χ1n) is 11.5. The van der Waals surface area contributed by atoms with Gasteiger partial charge in [0.05, 0.1) is 24.0 Å². The third-order valence-corrected chi connectivity index (χ3v) is 8.53. The zero-order valence-electron chi connectivity index (χ0n) is 19.5. The fraction of sp³-hybridized carbons (Fsp3) is 0.480. The maximum atomic E-state index is 15.6. The molecule has 4 atom stereocenters. The fourth-order valence-electron chi connectivity index (χ4n) is 5.92. The number of aromatic nitrogens is 4. The molecule has 0 saturated heterocycles. The van der Waals surface area contributed by atoms with Gasteiger partial charge in [-0.1, -0.05) is 26.3 Å². The summed E-state index contributed by atoms with van der Waals surface area (Å²) in [6, 6.07) is 6.88. The van der Waals surface area contributed by atoms with E-state index in [0.29, 0.717) is 26.8 Å². The normalized spacial score (nSPS) is 28.3. The second kappa shape index (κ2) is 8.27. The highest BCUT2D eigenvalue weighted by Crippen LogP contribution is 2.57. The van der Waals surface area contributed by atoms with E-state index in [4.69, 9.17) is 5.26 Å². The number of hydrogen-bond acceptors (Lipinski definition) is 8. The van der Waals surface area contributed by atoms with Crippen LogP contribution in [0.5, 0.6) is 5.75 Å². The van der Waals surface area contributed by atoms with Gasteiger partial charge in [-0.25, -0.2) is 14.4 Å². The molecular weight excluding hydrogens is 451 g/mol. The number of phenolic OH excluding ortho intramolecular Hbond substituents is 1. The number of alkyl halides is 1. The highest BCUT2D eigenvalue weighted by molar-refractivity contribution is 7.15. The Balaban J connectivity index is 1.37. The molecule has 9 heteroatoms. The summed E-state index contributed by atoms with van der Waals surface area (Å²) in [5, 5.41) is 28.8. The first kappa shape index (κ1) is 22.7. The highest BCUT2D eigenvalue weighted by Gasteiger charge is 2.54. The zero-order chi connectivity index (χ0) is 24.1. The smallest absolute Gasteiger partial charge is 0.185 e. The molecule has 2 aliphatic rings. The lowest BCUT2D eigenvalue weighted by molar-refractivity contribution is -0.0540. The quantitative estimate of drug-likeness (QED) is 0.538. The Kier molecular flexibility index (Phi) is 5.52. The number of aromatic hydroxyl groups is 1. The first-order chi connectivity index (χ1) is 16.2. The number of halogens is 1. The number of hydrogen-bond donors (Lipinski definition) is 1. The van der Waals surface area contributed by atoms with Gasteiger partial charge in [0.15, 0.2) is 11.6 Å². The predicted molar refractivity (Wildman–Crippen MR) is 129 cm³/mol. The van der Waals surface area contributed by atoms with Crippen LogP contribution in [-0.2, 0) is 0 Å². The molecule has 2 aliphatic carbocycles. The van der Waals surface area contributed by atoms with E-state index >= 15 is 4.39 Å². The summed E-state index contributed by atoms with van der Waals surface area (Å²) in [4.78, 5) is 11.0. The van der Waals surface area contributed by atoms with Crippen LogP contribution in [0.3, 0.4) is 0 Å². The van der Waals surface area contributed by atoms with E-state index in [1.54, 1.807) is 24.4 Å². The van der Waals surface area contributed by atoms with Crippen LogP contribution in [0, 0.1) is 22.2 Å². The molecule has 5 rings (SSSR count). The van der Waals surface area contributed by atoms with Crippen molar-refractivity contribution in [3.63, 3.8) is 0 Å². The molecule has 0 amide bonds. The molecule has 7 nitrogen and oxygen atoms in total. The molecule has 2 bridgehead atoms. The molecule has 2 fully saturated rings. The lowest BCUT2D eigenvalue weighted by atomic mass is 9.54. The molecule has 2 saturated carbocycles. The molecule has 3 aromatic rings.